The van der Waals surface area contributed by atoms with Gasteiger partial charge in [-0.15, -0.1) is 11.3 Å². The summed E-state index contributed by atoms with van der Waals surface area (Å²) in [6, 6.07) is 2.16. The number of nitrogens with zero attached hydrogens (tertiary/aromatic N) is 1. The van der Waals surface area contributed by atoms with Crippen LogP contribution in [0.1, 0.15) is 119 Å². The van der Waals surface area contributed by atoms with Crippen LogP contribution in [0.25, 0.3) is 5.57 Å². The number of ketones is 1. The second-order valence-electron chi connectivity index (χ2n) is 12.0. The molecule has 0 radical (unpaired) electrons. The number of carbonyl (C=O) groups is 3. The van der Waals surface area contributed by atoms with Crippen molar-refractivity contribution in [3.05, 3.63) is 21.9 Å². The molecule has 1 amide bonds. The molecule has 2 fully saturated rings. The van der Waals surface area contributed by atoms with Crippen molar-refractivity contribution < 1.29 is 19.1 Å². The van der Waals surface area contributed by atoms with E-state index in [1.807, 2.05) is 18.7 Å². The third-order valence-corrected chi connectivity index (χ3v) is 10.0. The van der Waals surface area contributed by atoms with Gasteiger partial charge in [-0.05, 0) is 101 Å². The number of rotatable bonds is 8. The van der Waals surface area contributed by atoms with E-state index in [2.05, 4.69) is 19.1 Å². The summed E-state index contributed by atoms with van der Waals surface area (Å²) in [5.74, 6) is 1.32. The highest BCUT2D eigenvalue weighted by molar-refractivity contribution is 7.15. The number of amides is 1. The number of anilines is 1. The van der Waals surface area contributed by atoms with E-state index < -0.39 is 0 Å². The van der Waals surface area contributed by atoms with Crippen molar-refractivity contribution >= 4 is 40.3 Å². The molecule has 3 aliphatic rings. The highest BCUT2D eigenvalue weighted by Gasteiger charge is 2.38. The van der Waals surface area contributed by atoms with Crippen LogP contribution in [-0.4, -0.2) is 30.8 Å². The lowest BCUT2D eigenvalue weighted by Crippen LogP contribution is -2.46. The fourth-order valence-electron chi connectivity index (χ4n) is 6.35. The van der Waals surface area contributed by atoms with Crippen LogP contribution in [0.3, 0.4) is 0 Å². The van der Waals surface area contributed by atoms with Gasteiger partial charge in [0.2, 0.25) is 5.91 Å². The maximum absolute atomic E-state index is 14.2. The molecule has 1 aromatic heterocycles. The van der Waals surface area contributed by atoms with Crippen molar-refractivity contribution in [2.75, 3.05) is 12.0 Å². The van der Waals surface area contributed by atoms with Gasteiger partial charge in [0.15, 0.2) is 0 Å². The number of carbonyl (C=O) groups excluding carboxylic acids is 3. The van der Waals surface area contributed by atoms with Gasteiger partial charge >= 0.3 is 5.97 Å². The molecule has 0 aromatic carbocycles. The van der Waals surface area contributed by atoms with Crippen LogP contribution in [0.4, 0.5) is 5.69 Å². The minimum absolute atomic E-state index is 0.0131. The van der Waals surface area contributed by atoms with Gasteiger partial charge in [-0.1, -0.05) is 26.8 Å². The van der Waals surface area contributed by atoms with Gasteiger partial charge in [0, 0.05) is 29.2 Å². The molecule has 0 N–H and O–H groups in total. The van der Waals surface area contributed by atoms with Crippen LogP contribution in [0.2, 0.25) is 0 Å². The number of Topliss-reactive ketones (excluding diaryl/α,β-unsaturated/α-hetero) is 1. The standard InChI is InChI=1S/C31H45NO4S/c1-20(2)27(33)18-22-12-16-25(17-13-22)32(30(34)24-14-10-21(3)11-15-24)26-19-28(23-8-6-5-7-9-23)37-29(26)31(35)36-4/h8,19-22,24-25H,5-7,9-18H2,1-4H3. The second-order valence-corrected chi connectivity index (χ2v) is 13.0. The fraction of sp³-hybridized carbons (Fsp3) is 0.710. The minimum Gasteiger partial charge on any atom is -0.465 e. The van der Waals surface area contributed by atoms with Crippen LogP contribution in [-0.2, 0) is 14.3 Å². The molecule has 0 atom stereocenters. The summed E-state index contributed by atoms with van der Waals surface area (Å²) in [6.07, 6.45) is 15.0. The second kappa shape index (κ2) is 12.7. The highest BCUT2D eigenvalue weighted by atomic mass is 32.1. The average molecular weight is 528 g/mol. The summed E-state index contributed by atoms with van der Waals surface area (Å²) in [5, 5.41) is 0. The third-order valence-electron chi connectivity index (χ3n) is 8.87. The van der Waals surface area contributed by atoms with E-state index in [9.17, 15) is 14.4 Å². The molecule has 204 valence electrons. The molecule has 37 heavy (non-hydrogen) atoms. The topological polar surface area (TPSA) is 63.7 Å². The predicted octanol–water partition coefficient (Wildman–Crippen LogP) is 7.83. The van der Waals surface area contributed by atoms with Gasteiger partial charge in [0.25, 0.3) is 0 Å². The van der Waals surface area contributed by atoms with Crippen molar-refractivity contribution in [2.45, 2.75) is 110 Å². The Hall–Kier alpha value is -1.95. The molecule has 0 bridgehead atoms. The first-order valence-electron chi connectivity index (χ1n) is 14.6. The molecule has 6 heteroatoms. The molecular weight excluding hydrogens is 482 g/mol. The molecule has 3 aliphatic carbocycles. The monoisotopic (exact) mass is 527 g/mol. The number of esters is 1. The number of ether oxygens (including phenoxy) is 1. The normalized spacial score (nSPS) is 26.5. The van der Waals surface area contributed by atoms with Crippen LogP contribution in [0, 0.1) is 23.7 Å². The van der Waals surface area contributed by atoms with Gasteiger partial charge in [0.1, 0.15) is 10.7 Å². The number of hydrogen-bond donors (Lipinski definition) is 0. The lowest BCUT2D eigenvalue weighted by atomic mass is 9.79. The van der Waals surface area contributed by atoms with E-state index in [0.29, 0.717) is 28.9 Å². The highest BCUT2D eigenvalue weighted by Crippen LogP contribution is 2.43. The molecule has 4 rings (SSSR count). The third kappa shape index (κ3) is 6.74. The van der Waals surface area contributed by atoms with Crippen LogP contribution >= 0.6 is 11.3 Å². The van der Waals surface area contributed by atoms with E-state index in [0.717, 1.165) is 81.2 Å². The maximum Gasteiger partial charge on any atom is 0.350 e. The Bertz CT molecular complexity index is 993. The quantitative estimate of drug-likeness (QED) is 0.323. The number of methoxy groups -OCH3 is 1. The maximum atomic E-state index is 14.2. The van der Waals surface area contributed by atoms with Crippen LogP contribution in [0.5, 0.6) is 0 Å². The first-order valence-corrected chi connectivity index (χ1v) is 15.4. The Kier molecular flexibility index (Phi) is 9.66. The van der Waals surface area contributed by atoms with Crippen molar-refractivity contribution in [3.63, 3.8) is 0 Å². The number of allylic oxidation sites excluding steroid dienone is 2. The van der Waals surface area contributed by atoms with Gasteiger partial charge in [-0.2, -0.15) is 0 Å². The average Bonchev–Trinajstić information content (AvgIpc) is 3.35. The van der Waals surface area contributed by atoms with Crippen LogP contribution < -0.4 is 4.90 Å². The summed E-state index contributed by atoms with van der Waals surface area (Å²) in [5.41, 5.74) is 2.05. The lowest BCUT2D eigenvalue weighted by Gasteiger charge is -2.39. The Morgan fingerprint density at radius 3 is 2.32 bits per heavy atom. The Labute approximate surface area is 227 Å². The molecule has 2 saturated carbocycles. The number of hydrogen-bond acceptors (Lipinski definition) is 5. The summed E-state index contributed by atoms with van der Waals surface area (Å²) in [7, 11) is 1.43. The van der Waals surface area contributed by atoms with Crippen molar-refractivity contribution in [3.8, 4) is 0 Å². The minimum atomic E-state index is -0.353. The molecule has 5 nitrogen and oxygen atoms in total. The van der Waals surface area contributed by atoms with Gasteiger partial charge in [0.05, 0.1) is 12.8 Å². The van der Waals surface area contributed by atoms with Crippen molar-refractivity contribution in [2.24, 2.45) is 23.7 Å². The van der Waals surface area contributed by atoms with Crippen LogP contribution in [0.15, 0.2) is 12.1 Å². The smallest absolute Gasteiger partial charge is 0.350 e. The summed E-state index contributed by atoms with van der Waals surface area (Å²) >= 11 is 1.49. The van der Waals surface area contributed by atoms with Crippen molar-refractivity contribution in [1.29, 1.82) is 0 Å². The number of thiophene rings is 1. The molecule has 0 aliphatic heterocycles. The molecule has 1 heterocycles. The Balaban J connectivity index is 1.64. The summed E-state index contributed by atoms with van der Waals surface area (Å²) < 4.78 is 5.21. The summed E-state index contributed by atoms with van der Waals surface area (Å²) in [4.78, 5) is 43.2. The molecule has 0 saturated heterocycles. The van der Waals surface area contributed by atoms with Gasteiger partial charge in [-0.25, -0.2) is 4.79 Å². The SMILES string of the molecule is COC(=O)c1sc(C2=CCCCC2)cc1N(C(=O)C1CCC(C)CC1)C1CCC(CC(=O)C(C)C)CC1. The predicted molar refractivity (Wildman–Crippen MR) is 151 cm³/mol. The largest absolute Gasteiger partial charge is 0.465 e. The van der Waals surface area contributed by atoms with E-state index in [4.69, 9.17) is 4.74 Å². The van der Waals surface area contributed by atoms with E-state index in [1.165, 1.54) is 30.4 Å². The van der Waals surface area contributed by atoms with E-state index >= 15 is 0 Å². The molecule has 0 unspecified atom stereocenters. The first kappa shape index (κ1) is 28.1. The zero-order chi connectivity index (χ0) is 26.5. The molecular formula is C31H45NO4S. The van der Waals surface area contributed by atoms with Crippen molar-refractivity contribution in [1.82, 2.24) is 0 Å². The lowest BCUT2D eigenvalue weighted by molar-refractivity contribution is -0.125. The molecule has 1 aromatic rings. The zero-order valence-corrected chi connectivity index (χ0v) is 24.0. The zero-order valence-electron chi connectivity index (χ0n) is 23.2. The van der Waals surface area contributed by atoms with E-state index in [1.54, 1.807) is 0 Å². The Morgan fingerprint density at radius 2 is 1.73 bits per heavy atom. The first-order chi connectivity index (χ1) is 17.8. The Morgan fingerprint density at radius 1 is 1.03 bits per heavy atom. The summed E-state index contributed by atoms with van der Waals surface area (Å²) in [6.45, 7) is 6.23. The van der Waals surface area contributed by atoms with E-state index in [-0.39, 0.29) is 29.8 Å². The van der Waals surface area contributed by atoms with Gasteiger partial charge < -0.3 is 9.64 Å². The fourth-order valence-corrected chi connectivity index (χ4v) is 7.48. The van der Waals surface area contributed by atoms with Gasteiger partial charge in [-0.3, -0.25) is 9.59 Å². The molecule has 0 spiro atoms.